The molecule has 0 amide bonds. The molecule has 1 aromatic rings. The van der Waals surface area contributed by atoms with Crippen LogP contribution in [-0.4, -0.2) is 29.6 Å². The van der Waals surface area contributed by atoms with Crippen molar-refractivity contribution in [2.24, 2.45) is 0 Å². The van der Waals surface area contributed by atoms with Gasteiger partial charge in [0.05, 0.1) is 0 Å². The first-order valence-corrected chi connectivity index (χ1v) is 7.50. The maximum Gasteiger partial charge on any atom is 0.225 e. The minimum atomic E-state index is 0.608. The van der Waals surface area contributed by atoms with Crippen LogP contribution in [0.15, 0.2) is 6.20 Å². The quantitative estimate of drug-likeness (QED) is 0.905. The molecule has 4 heteroatoms. The van der Waals surface area contributed by atoms with Crippen LogP contribution in [0.25, 0.3) is 0 Å². The van der Waals surface area contributed by atoms with Crippen molar-refractivity contribution in [3.8, 4) is 0 Å². The lowest BCUT2D eigenvalue weighted by molar-refractivity contribution is 0.546. The van der Waals surface area contributed by atoms with Crippen LogP contribution < -0.4 is 10.2 Å². The molecule has 106 valence electrons. The second kappa shape index (κ2) is 6.85. The van der Waals surface area contributed by atoms with Crippen LogP contribution in [0, 0.1) is 6.92 Å². The van der Waals surface area contributed by atoms with Gasteiger partial charge in [0.1, 0.15) is 0 Å². The van der Waals surface area contributed by atoms with Gasteiger partial charge < -0.3 is 10.2 Å². The highest BCUT2D eigenvalue weighted by atomic mass is 15.3. The van der Waals surface area contributed by atoms with Crippen LogP contribution in [-0.2, 0) is 6.54 Å². The van der Waals surface area contributed by atoms with E-state index in [-0.39, 0.29) is 0 Å². The monoisotopic (exact) mass is 262 g/mol. The number of nitrogens with zero attached hydrogens (tertiary/aromatic N) is 3. The van der Waals surface area contributed by atoms with Crippen molar-refractivity contribution in [3.05, 3.63) is 17.5 Å². The Kier molecular flexibility index (Phi) is 5.14. The van der Waals surface area contributed by atoms with Gasteiger partial charge in [0, 0.05) is 36.6 Å². The fourth-order valence-corrected chi connectivity index (χ4v) is 2.85. The first-order chi connectivity index (χ1) is 9.26. The minimum Gasteiger partial charge on any atom is -0.338 e. The van der Waals surface area contributed by atoms with Crippen LogP contribution in [0.1, 0.15) is 50.3 Å². The molecule has 1 saturated heterocycles. The Morgan fingerprint density at radius 3 is 2.89 bits per heavy atom. The molecule has 4 nitrogen and oxygen atoms in total. The molecular weight excluding hydrogens is 236 g/mol. The van der Waals surface area contributed by atoms with Gasteiger partial charge in [-0.05, 0) is 33.2 Å². The number of hydrogen-bond acceptors (Lipinski definition) is 4. The molecular formula is C15H26N4. The number of anilines is 1. The molecule has 2 heterocycles. The second-order valence-electron chi connectivity index (χ2n) is 5.42. The number of aromatic nitrogens is 2. The standard InChI is InChI=1S/C15H26N4/c1-4-14-8-6-5-7-9-19(14)15-17-11-13(10-16-3)12(2)18-15/h11,14,16H,4-10H2,1-3H3. The van der Waals surface area contributed by atoms with Gasteiger partial charge in [0.15, 0.2) is 0 Å². The Bertz CT molecular complexity index is 405. The zero-order chi connectivity index (χ0) is 13.7. The summed E-state index contributed by atoms with van der Waals surface area (Å²) in [7, 11) is 1.95. The molecule has 1 atom stereocenters. The van der Waals surface area contributed by atoms with E-state index in [2.05, 4.69) is 29.0 Å². The zero-order valence-corrected chi connectivity index (χ0v) is 12.4. The molecule has 0 aliphatic carbocycles. The summed E-state index contributed by atoms with van der Waals surface area (Å²) in [4.78, 5) is 11.7. The molecule has 1 N–H and O–H groups in total. The predicted molar refractivity (Wildman–Crippen MR) is 79.4 cm³/mol. The van der Waals surface area contributed by atoms with E-state index in [1.54, 1.807) is 0 Å². The van der Waals surface area contributed by atoms with Gasteiger partial charge >= 0.3 is 0 Å². The SMILES string of the molecule is CCC1CCCCCN1c1ncc(CNC)c(C)n1. The van der Waals surface area contributed by atoms with E-state index in [1.807, 2.05) is 13.2 Å². The highest BCUT2D eigenvalue weighted by Crippen LogP contribution is 2.23. The van der Waals surface area contributed by atoms with Crippen molar-refractivity contribution in [2.75, 3.05) is 18.5 Å². The van der Waals surface area contributed by atoms with Gasteiger partial charge in [-0.15, -0.1) is 0 Å². The van der Waals surface area contributed by atoms with Crippen LogP contribution in [0.5, 0.6) is 0 Å². The van der Waals surface area contributed by atoms with Crippen molar-refractivity contribution in [1.82, 2.24) is 15.3 Å². The highest BCUT2D eigenvalue weighted by molar-refractivity contribution is 5.34. The summed E-state index contributed by atoms with van der Waals surface area (Å²) in [5, 5.41) is 3.16. The van der Waals surface area contributed by atoms with Crippen molar-refractivity contribution in [2.45, 2.75) is 58.5 Å². The molecule has 0 spiro atoms. The van der Waals surface area contributed by atoms with Crippen molar-refractivity contribution >= 4 is 5.95 Å². The van der Waals surface area contributed by atoms with Gasteiger partial charge in [0.2, 0.25) is 5.95 Å². The molecule has 1 aliphatic heterocycles. The Morgan fingerprint density at radius 2 is 2.21 bits per heavy atom. The molecule has 2 rings (SSSR count). The van der Waals surface area contributed by atoms with Crippen LogP contribution in [0.2, 0.25) is 0 Å². The highest BCUT2D eigenvalue weighted by Gasteiger charge is 2.22. The van der Waals surface area contributed by atoms with Gasteiger partial charge in [-0.25, -0.2) is 9.97 Å². The largest absolute Gasteiger partial charge is 0.338 e. The molecule has 1 unspecified atom stereocenters. The zero-order valence-electron chi connectivity index (χ0n) is 12.4. The maximum atomic E-state index is 4.73. The summed E-state index contributed by atoms with van der Waals surface area (Å²) in [6.07, 6.45) is 8.37. The lowest BCUT2D eigenvalue weighted by Gasteiger charge is -2.29. The smallest absolute Gasteiger partial charge is 0.225 e. The summed E-state index contributed by atoms with van der Waals surface area (Å²) < 4.78 is 0. The van der Waals surface area contributed by atoms with Gasteiger partial charge in [0.25, 0.3) is 0 Å². The Hall–Kier alpha value is -1.16. The van der Waals surface area contributed by atoms with E-state index in [9.17, 15) is 0 Å². The van der Waals surface area contributed by atoms with E-state index < -0.39 is 0 Å². The van der Waals surface area contributed by atoms with Gasteiger partial charge in [-0.3, -0.25) is 0 Å². The molecule has 1 aromatic heterocycles. The minimum absolute atomic E-state index is 0.608. The first-order valence-electron chi connectivity index (χ1n) is 7.50. The summed E-state index contributed by atoms with van der Waals surface area (Å²) in [6.45, 7) is 6.29. The fourth-order valence-electron chi connectivity index (χ4n) is 2.85. The second-order valence-corrected chi connectivity index (χ2v) is 5.42. The molecule has 0 radical (unpaired) electrons. The Morgan fingerprint density at radius 1 is 1.37 bits per heavy atom. The van der Waals surface area contributed by atoms with E-state index in [4.69, 9.17) is 4.98 Å². The summed E-state index contributed by atoms with van der Waals surface area (Å²) in [5.74, 6) is 0.922. The van der Waals surface area contributed by atoms with Crippen LogP contribution >= 0.6 is 0 Å². The van der Waals surface area contributed by atoms with E-state index in [0.717, 1.165) is 24.7 Å². The van der Waals surface area contributed by atoms with Crippen molar-refractivity contribution in [1.29, 1.82) is 0 Å². The van der Waals surface area contributed by atoms with Crippen LogP contribution in [0.4, 0.5) is 5.95 Å². The molecule has 19 heavy (non-hydrogen) atoms. The average molecular weight is 262 g/mol. The molecule has 1 fully saturated rings. The fraction of sp³-hybridized carbons (Fsp3) is 0.733. The topological polar surface area (TPSA) is 41.1 Å². The number of aryl methyl sites for hydroxylation is 1. The number of rotatable bonds is 4. The van der Waals surface area contributed by atoms with Gasteiger partial charge in [-0.1, -0.05) is 19.8 Å². The molecule has 0 saturated carbocycles. The summed E-state index contributed by atoms with van der Waals surface area (Å²) >= 11 is 0. The molecule has 0 aromatic carbocycles. The third kappa shape index (κ3) is 3.44. The third-order valence-electron chi connectivity index (χ3n) is 4.04. The van der Waals surface area contributed by atoms with Crippen molar-refractivity contribution < 1.29 is 0 Å². The summed E-state index contributed by atoms with van der Waals surface area (Å²) in [6, 6.07) is 0.608. The molecule has 0 bridgehead atoms. The number of hydrogen-bond donors (Lipinski definition) is 1. The lowest BCUT2D eigenvalue weighted by atomic mass is 10.1. The molecule has 1 aliphatic rings. The van der Waals surface area contributed by atoms with Crippen LogP contribution in [0.3, 0.4) is 0 Å². The Labute approximate surface area is 116 Å². The Balaban J connectivity index is 2.21. The summed E-state index contributed by atoms with van der Waals surface area (Å²) in [5.41, 5.74) is 2.28. The van der Waals surface area contributed by atoms with E-state index in [0.29, 0.717) is 6.04 Å². The van der Waals surface area contributed by atoms with E-state index in [1.165, 1.54) is 37.7 Å². The number of nitrogens with one attached hydrogen (secondary N) is 1. The normalized spacial score (nSPS) is 20.4. The predicted octanol–water partition coefficient (Wildman–Crippen LogP) is 2.66. The van der Waals surface area contributed by atoms with Crippen molar-refractivity contribution in [3.63, 3.8) is 0 Å². The van der Waals surface area contributed by atoms with E-state index >= 15 is 0 Å². The third-order valence-corrected chi connectivity index (χ3v) is 4.04. The first kappa shape index (κ1) is 14.3. The average Bonchev–Trinajstić information content (AvgIpc) is 2.66. The van der Waals surface area contributed by atoms with Gasteiger partial charge in [-0.2, -0.15) is 0 Å². The lowest BCUT2D eigenvalue weighted by Crippen LogP contribution is -2.36. The maximum absolute atomic E-state index is 4.73.